The number of amides is 3. The van der Waals surface area contributed by atoms with Crippen LogP contribution in [-0.4, -0.2) is 116 Å². The summed E-state index contributed by atoms with van der Waals surface area (Å²) in [6, 6.07) is 39.3. The molecule has 488 valence electrons. The van der Waals surface area contributed by atoms with Crippen LogP contribution in [0.25, 0.3) is 0 Å². The van der Waals surface area contributed by atoms with Crippen LogP contribution in [0.5, 0.6) is 34.5 Å². The minimum Gasteiger partial charge on any atom is -0.456 e. The number of pyridine rings is 3. The van der Waals surface area contributed by atoms with Crippen LogP contribution in [0.3, 0.4) is 0 Å². The lowest BCUT2D eigenvalue weighted by Crippen LogP contribution is -2.34. The Morgan fingerprint density at radius 2 is 0.766 bits per heavy atom. The molecule has 3 aliphatic heterocycles. The number of carbonyl (C=O) groups excluding carboxylic acids is 3. The lowest BCUT2D eigenvalue weighted by molar-refractivity contribution is 0.177. The van der Waals surface area contributed by atoms with Crippen LogP contribution in [0, 0.1) is 20.8 Å². The third-order valence-corrected chi connectivity index (χ3v) is 14.6. The molecule has 6 aromatic heterocycles. The van der Waals surface area contributed by atoms with Crippen molar-refractivity contribution in [3.05, 3.63) is 186 Å². The molecule has 0 aliphatic carbocycles. The first-order valence-electron chi connectivity index (χ1n) is 30.5. The van der Waals surface area contributed by atoms with Gasteiger partial charge in [0.15, 0.2) is 0 Å². The molecule has 6 atom stereocenters. The summed E-state index contributed by atoms with van der Waals surface area (Å²) >= 11 is 5.73. The van der Waals surface area contributed by atoms with Gasteiger partial charge in [0, 0.05) is 6.04 Å². The van der Waals surface area contributed by atoms with Crippen LogP contribution in [0.15, 0.2) is 146 Å². The first-order valence-corrected chi connectivity index (χ1v) is 30.9. The first-order chi connectivity index (χ1) is 45.4. The number of ether oxygens (including phenoxy) is 6. The first kappa shape index (κ1) is 67.6. The van der Waals surface area contributed by atoms with E-state index in [2.05, 4.69) is 70.4 Å². The monoisotopic (exact) mass is 1300 g/mol. The van der Waals surface area contributed by atoms with E-state index in [0.717, 1.165) is 59.3 Å². The van der Waals surface area contributed by atoms with E-state index in [1.54, 1.807) is 39.4 Å². The zero-order chi connectivity index (χ0) is 66.7. The number of rotatable bonds is 19. The predicted octanol–water partition coefficient (Wildman–Crippen LogP) is 13.0. The second kappa shape index (κ2) is 32.5. The Morgan fingerprint density at radius 3 is 1.06 bits per heavy atom. The molecule has 3 aromatic carbocycles. The summed E-state index contributed by atoms with van der Waals surface area (Å²) in [4.78, 5) is 91.5. The number of hydrogen-bond donors (Lipinski definition) is 3. The summed E-state index contributed by atoms with van der Waals surface area (Å²) in [6.45, 7) is 18.0. The molecule has 94 heavy (non-hydrogen) atoms. The summed E-state index contributed by atoms with van der Waals surface area (Å²) in [5, 5.41) is 6.55. The molecule has 27 nitrogen and oxygen atoms in total. The van der Waals surface area contributed by atoms with Gasteiger partial charge >= 0.3 is 18.3 Å². The van der Waals surface area contributed by atoms with E-state index < -0.39 is 18.3 Å². The summed E-state index contributed by atoms with van der Waals surface area (Å²) in [5.74, 6) is 7.40. The van der Waals surface area contributed by atoms with Gasteiger partial charge < -0.3 is 44.8 Å². The van der Waals surface area contributed by atoms with Crippen molar-refractivity contribution in [2.75, 3.05) is 45.2 Å². The molecule has 3 fully saturated rings. The van der Waals surface area contributed by atoms with Gasteiger partial charge in [-0.05, 0) is 145 Å². The van der Waals surface area contributed by atoms with Gasteiger partial charge in [0.05, 0.1) is 65.9 Å². The van der Waals surface area contributed by atoms with E-state index in [9.17, 15) is 14.4 Å². The fourth-order valence-corrected chi connectivity index (χ4v) is 9.59. The molecule has 9 heterocycles. The molecule has 0 saturated carbocycles. The number of anilines is 5. The van der Waals surface area contributed by atoms with Gasteiger partial charge in [0.2, 0.25) is 35.0 Å². The quantitative estimate of drug-likeness (QED) is 0.0633. The molecule has 28 heteroatoms. The number of halogens is 1. The summed E-state index contributed by atoms with van der Waals surface area (Å²) < 4.78 is 32.4. The number of hydrogen-bond acceptors (Lipinski definition) is 24. The number of carbonyl (C=O) groups is 3. The van der Waals surface area contributed by atoms with Crippen LogP contribution in [0.2, 0.25) is 5.28 Å². The van der Waals surface area contributed by atoms with Gasteiger partial charge in [-0.2, -0.15) is 39.9 Å². The Hall–Kier alpha value is -10.8. The maximum Gasteiger partial charge on any atom is 0.417 e. The second-order valence-electron chi connectivity index (χ2n) is 21.5. The molecule has 0 bridgehead atoms. The van der Waals surface area contributed by atoms with Crippen molar-refractivity contribution in [1.29, 1.82) is 0 Å². The number of aromatic nitrogens is 12. The molecule has 4 N–H and O–H groups in total. The van der Waals surface area contributed by atoms with E-state index in [-0.39, 0.29) is 59.4 Å². The van der Waals surface area contributed by atoms with Gasteiger partial charge in [-0.1, -0.05) is 75.4 Å². The average molecular weight is 1300 g/mol. The van der Waals surface area contributed by atoms with Gasteiger partial charge in [-0.25, -0.2) is 34.1 Å². The summed E-state index contributed by atoms with van der Waals surface area (Å²) in [6.07, 6.45) is 5.99. The van der Waals surface area contributed by atoms with Crippen LogP contribution in [0.4, 0.5) is 44.1 Å². The molecule has 0 radical (unpaired) electrons. The van der Waals surface area contributed by atoms with Crippen LogP contribution in [-0.2, 0) is 14.2 Å². The zero-order valence-corrected chi connectivity index (χ0v) is 54.2. The molecule has 3 amide bonds. The molecule has 1 unspecified atom stereocenters. The van der Waals surface area contributed by atoms with Crippen LogP contribution in [0.1, 0.15) is 113 Å². The van der Waals surface area contributed by atoms with Gasteiger partial charge in [-0.15, -0.1) is 0 Å². The van der Waals surface area contributed by atoms with Crippen molar-refractivity contribution in [2.24, 2.45) is 5.73 Å². The van der Waals surface area contributed by atoms with Crippen LogP contribution >= 0.6 is 11.6 Å². The SMILES string of the molecule is CC(N)c1ccc(Oc2ccccc2)cn1.CC[C@H]1COC(=O)N1c1nc(C)nc(Cl)n1.CC[C@H]1COC(=O)N1c1nc(C)nc(N[C@@H](C)c2ccc(Oc3ccccc3)cn2)n1.CC[C@H]1COC(=O)N1c1nc(C)nc(N[C@H](C)c2ccc(Oc3ccccc3)cn2)n1. The van der Waals surface area contributed by atoms with Gasteiger partial charge in [0.25, 0.3) is 0 Å². The number of nitrogens with two attached hydrogens (primary N) is 1. The normalized spacial score (nSPS) is 16.5. The average Bonchev–Trinajstić information content (AvgIpc) is 1.62. The van der Waals surface area contributed by atoms with Crippen molar-refractivity contribution in [3.8, 4) is 34.5 Å². The molecule has 3 saturated heterocycles. The van der Waals surface area contributed by atoms with Crippen molar-refractivity contribution in [2.45, 2.75) is 118 Å². The highest BCUT2D eigenvalue weighted by atomic mass is 35.5. The molecular weight excluding hydrogens is 1220 g/mol. The number of aryl methyl sites for hydroxylation is 3. The van der Waals surface area contributed by atoms with E-state index in [4.69, 9.17) is 45.8 Å². The molecular formula is C66H73ClN18O9. The van der Waals surface area contributed by atoms with Gasteiger partial charge in [0.1, 0.15) is 71.8 Å². The number of para-hydroxylation sites is 3. The third kappa shape index (κ3) is 18.5. The van der Waals surface area contributed by atoms with Crippen molar-refractivity contribution in [1.82, 2.24) is 59.8 Å². The molecule has 12 rings (SSSR count). The largest absolute Gasteiger partial charge is 0.456 e. The van der Waals surface area contributed by atoms with E-state index in [1.807, 2.05) is 169 Å². The highest BCUT2D eigenvalue weighted by Gasteiger charge is 2.38. The van der Waals surface area contributed by atoms with Crippen molar-refractivity contribution < 1.29 is 42.8 Å². The van der Waals surface area contributed by atoms with E-state index in [1.165, 1.54) is 14.7 Å². The Kier molecular flexibility index (Phi) is 23.3. The lowest BCUT2D eigenvalue weighted by atomic mass is 10.2. The standard InChI is InChI=1S/2C22H24N6O3.C13H14N2O.C9H11ClN4O2/c2*1-4-16-13-30-22(29)28(16)21-26-15(3)25-20(27-21)24-14(2)19-11-10-18(12-23-19)31-17-8-6-5-7-9-17;1-10(14)13-8-7-12(9-15-13)16-11-5-3-2-4-6-11;1-3-6-4-16-9(15)14(6)8-12-5(2)11-7(10)13-8/h2*5-12,14,16H,4,13H2,1-3H3,(H,24,25,26,27);2-10H,14H2,1H3;6H,3-4H2,1-2H3/t14-,16+;14-,16-;;6-/m10.0/s1. The third-order valence-electron chi connectivity index (χ3n) is 14.4. The Labute approximate surface area is 548 Å². The summed E-state index contributed by atoms with van der Waals surface area (Å²) in [7, 11) is 0. The molecule has 3 aliphatic rings. The smallest absolute Gasteiger partial charge is 0.417 e. The lowest BCUT2D eigenvalue weighted by Gasteiger charge is -2.20. The number of nitrogens with zero attached hydrogens (tertiary/aromatic N) is 15. The second-order valence-corrected chi connectivity index (χ2v) is 21.9. The fraction of sp³-hybridized carbons (Fsp3) is 0.318. The topological polar surface area (TPSA) is 321 Å². The summed E-state index contributed by atoms with van der Waals surface area (Å²) in [5.41, 5.74) is 8.17. The highest BCUT2D eigenvalue weighted by molar-refractivity contribution is 6.28. The minimum atomic E-state index is -0.438. The molecule has 9 aromatic rings. The van der Waals surface area contributed by atoms with Crippen LogP contribution < -0.4 is 45.3 Å². The Balaban J connectivity index is 0.000000155. The fourth-order valence-electron chi connectivity index (χ4n) is 9.39. The predicted molar refractivity (Wildman–Crippen MR) is 351 cm³/mol. The number of benzene rings is 3. The Morgan fingerprint density at radius 1 is 0.447 bits per heavy atom. The number of cyclic esters (lactones) is 3. The minimum absolute atomic E-state index is 0.0367. The zero-order valence-electron chi connectivity index (χ0n) is 53.4. The van der Waals surface area contributed by atoms with E-state index >= 15 is 0 Å². The van der Waals surface area contributed by atoms with Gasteiger partial charge in [-0.3, -0.25) is 15.0 Å². The van der Waals surface area contributed by atoms with E-state index in [0.29, 0.717) is 60.7 Å². The van der Waals surface area contributed by atoms with Crippen molar-refractivity contribution >= 4 is 59.6 Å². The maximum absolute atomic E-state index is 12.1. The van der Waals surface area contributed by atoms with Crippen molar-refractivity contribution in [3.63, 3.8) is 0 Å². The maximum atomic E-state index is 12.1. The molecule has 0 spiro atoms. The highest BCUT2D eigenvalue weighted by Crippen LogP contribution is 2.29. The number of nitrogens with one attached hydrogen (secondary N) is 2. The Bertz CT molecular complexity index is 3740.